The number of nitrogens with one attached hydrogen (secondary N) is 7. The fourth-order valence-corrected chi connectivity index (χ4v) is 11.2. The van der Waals surface area contributed by atoms with Crippen molar-refractivity contribution < 1.29 is 76.3 Å². The fraction of sp³-hybridized carbons (Fsp3) is 0.525. The number of hydrogen-bond acceptors (Lipinski definition) is 17. The quantitative estimate of drug-likeness (QED) is 0.0135. The van der Waals surface area contributed by atoms with E-state index in [4.69, 9.17) is 43.6 Å². The van der Waals surface area contributed by atoms with Crippen LogP contribution in [-0.4, -0.2) is 154 Å². The van der Waals surface area contributed by atoms with Gasteiger partial charge in [0.15, 0.2) is 6.61 Å². The van der Waals surface area contributed by atoms with Crippen LogP contribution in [0.1, 0.15) is 174 Å². The summed E-state index contributed by atoms with van der Waals surface area (Å²) in [6.45, 7) is 29.0. The van der Waals surface area contributed by atoms with E-state index in [0.717, 1.165) is 33.4 Å². The molecular weight excluding hydrogens is 1330 g/mol. The molecule has 0 aliphatic heterocycles. The van der Waals surface area contributed by atoms with Crippen LogP contribution < -0.4 is 61.9 Å². The van der Waals surface area contributed by atoms with Crippen LogP contribution in [-0.2, 0) is 71.8 Å². The molecule has 0 spiro atoms. The lowest BCUT2D eigenvalue weighted by Crippen LogP contribution is -2.61. The summed E-state index contributed by atoms with van der Waals surface area (Å²) in [6, 6.07) is 23.3. The van der Waals surface area contributed by atoms with Gasteiger partial charge >= 0.3 is 12.1 Å². The molecule has 0 heterocycles. The van der Waals surface area contributed by atoms with E-state index in [-0.39, 0.29) is 25.4 Å². The molecule has 1 unspecified atom stereocenters. The van der Waals surface area contributed by atoms with Gasteiger partial charge in [-0.15, -0.1) is 0 Å². The third-order valence-electron chi connectivity index (χ3n) is 16.2. The minimum Gasteiger partial charge on any atom is -0.497 e. The van der Waals surface area contributed by atoms with Crippen LogP contribution >= 0.6 is 0 Å². The number of methoxy groups -OCH3 is 2. The minimum atomic E-state index is -1.74. The summed E-state index contributed by atoms with van der Waals surface area (Å²) in [6.07, 6.45) is 0.883. The first-order valence-corrected chi connectivity index (χ1v) is 35.6. The molecule has 0 radical (unpaired) electrons. The lowest BCUT2D eigenvalue weighted by molar-refractivity contribution is -0.157. The molecule has 104 heavy (non-hydrogen) atoms. The van der Waals surface area contributed by atoms with Gasteiger partial charge in [0.25, 0.3) is 5.91 Å². The molecule has 5 aromatic rings. The third kappa shape index (κ3) is 29.8. The number of esters is 1. The molecule has 5 rings (SSSR count). The summed E-state index contributed by atoms with van der Waals surface area (Å²) in [5, 5.41) is 19.7. The molecule has 9 N–H and O–H groups in total. The number of carbonyl (C=O) groups is 8. The second-order valence-electron chi connectivity index (χ2n) is 29.9. The number of hydrogen-bond donors (Lipinski definition) is 8. The highest BCUT2D eigenvalue weighted by molar-refractivity contribution is 5.97. The monoisotopic (exact) mass is 1440 g/mol. The average Bonchev–Trinajstić information content (AvgIpc) is 0.806. The summed E-state index contributed by atoms with van der Waals surface area (Å²) in [5.74, 6) is -3.35. The largest absolute Gasteiger partial charge is 0.497 e. The standard InChI is InChI=1S/C80H114N8O16/c1-20-54-44-59(99-39-22-21-38-83-76(96)104-80(14,15)16)35-36-60(54)55-28-26-52(27-29-55)43-63(85-73(93)64(46-68(90)103-79(11,12)13)86-74(94)65(47-101-77(5,6)7)87-75(95)69(81)51(4)102-78(8,9)10)72(92)84-62(25-23-24-53-41-49(2)40-50(3)42-53)71(91)88-70(61-37-34-58(97-18)45-66(61)98-19)56-30-32-57(33-31-56)100-48-67(89)82-17/h26-37,40-42,44-45,51,62-65,69-70H,20-25,38-39,43,46-48,81H2,1-19H3,(H,82,89)(H,83,96)(H,84,92)(H,85,93)(H,86,94)(H,87,95)(H,88,91)/t51-,62+,63+,64+,65+,69+,70?/m1/s1. The number of ether oxygens (including phenoxy) is 8. The summed E-state index contributed by atoms with van der Waals surface area (Å²) >= 11 is 0. The first-order chi connectivity index (χ1) is 48.7. The van der Waals surface area contributed by atoms with E-state index in [0.29, 0.717) is 84.9 Å². The SMILES string of the molecule is CCc1cc(OCCCCNC(=O)OC(C)(C)C)ccc1-c1ccc(C[C@H](NC(=O)[C@H](CC(=O)OC(C)(C)C)NC(=O)[C@H](COC(C)(C)C)NC(=O)[C@@H](N)[C@@H](C)OC(C)(C)C)C(=O)N[C@@H](CCCc2cc(C)cc(C)c2)C(=O)NC(c2ccc(OCC(=O)NC)cc2)c2ccc(OC)cc2OC)cc1. The van der Waals surface area contributed by atoms with Gasteiger partial charge in [-0.25, -0.2) is 4.79 Å². The molecule has 0 fully saturated rings. The van der Waals surface area contributed by atoms with E-state index in [9.17, 15) is 24.0 Å². The molecule has 7 amide bonds. The molecule has 24 heteroatoms. The molecule has 0 saturated carbocycles. The van der Waals surface area contributed by atoms with E-state index >= 15 is 14.4 Å². The van der Waals surface area contributed by atoms with Crippen molar-refractivity contribution in [3.8, 4) is 34.1 Å². The molecule has 24 nitrogen and oxygen atoms in total. The van der Waals surface area contributed by atoms with Gasteiger partial charge in [-0.3, -0.25) is 33.6 Å². The Bertz CT molecular complexity index is 3650. The lowest BCUT2D eigenvalue weighted by atomic mass is 9.95. The lowest BCUT2D eigenvalue weighted by Gasteiger charge is -2.31. The molecule has 0 bridgehead atoms. The predicted octanol–water partition coefficient (Wildman–Crippen LogP) is 9.85. The Hall–Kier alpha value is -9.26. The second kappa shape index (κ2) is 39.6. The van der Waals surface area contributed by atoms with Gasteiger partial charge in [0.2, 0.25) is 29.5 Å². The number of rotatable bonds is 37. The third-order valence-corrected chi connectivity index (χ3v) is 16.2. The number of carbonyl (C=O) groups excluding carboxylic acids is 8. The molecule has 0 saturated heterocycles. The highest BCUT2D eigenvalue weighted by Gasteiger charge is 2.37. The minimum absolute atomic E-state index is 0.0986. The Morgan fingerprint density at radius 3 is 1.73 bits per heavy atom. The van der Waals surface area contributed by atoms with Crippen LogP contribution in [0.15, 0.2) is 103 Å². The number of amides is 7. The first kappa shape index (κ1) is 85.4. The number of benzene rings is 5. The topological polar surface area (TPSA) is 321 Å². The molecule has 5 aromatic carbocycles. The molecule has 570 valence electrons. The van der Waals surface area contributed by atoms with Gasteiger partial charge in [0.05, 0.1) is 57.2 Å². The van der Waals surface area contributed by atoms with Gasteiger partial charge < -0.3 is 80.8 Å². The number of nitrogens with two attached hydrogens (primary N) is 1. The number of aryl methyl sites for hydroxylation is 4. The van der Waals surface area contributed by atoms with Gasteiger partial charge in [-0.1, -0.05) is 78.7 Å². The average molecular weight is 1440 g/mol. The smallest absolute Gasteiger partial charge is 0.407 e. The zero-order chi connectivity index (χ0) is 77.3. The van der Waals surface area contributed by atoms with Crippen molar-refractivity contribution in [1.29, 1.82) is 0 Å². The van der Waals surface area contributed by atoms with Crippen LogP contribution in [0.5, 0.6) is 23.0 Å². The van der Waals surface area contributed by atoms with Crippen molar-refractivity contribution in [2.45, 2.75) is 227 Å². The summed E-state index contributed by atoms with van der Waals surface area (Å²) in [7, 11) is 4.51. The Morgan fingerprint density at radius 2 is 1.13 bits per heavy atom. The molecule has 0 aliphatic carbocycles. The van der Waals surface area contributed by atoms with Crippen molar-refractivity contribution in [3.05, 3.63) is 142 Å². The van der Waals surface area contributed by atoms with Crippen molar-refractivity contribution in [3.63, 3.8) is 0 Å². The van der Waals surface area contributed by atoms with Crippen LogP contribution in [0.25, 0.3) is 11.1 Å². The van der Waals surface area contributed by atoms with Crippen molar-refractivity contribution in [2.75, 3.05) is 47.6 Å². The van der Waals surface area contributed by atoms with E-state index < -0.39 is 119 Å². The Balaban J connectivity index is 1.60. The van der Waals surface area contributed by atoms with Gasteiger partial charge in [-0.05, 0) is 212 Å². The van der Waals surface area contributed by atoms with E-state index in [1.54, 1.807) is 90.9 Å². The molecule has 0 aromatic heterocycles. The fourth-order valence-electron chi connectivity index (χ4n) is 11.2. The molecular formula is C80H114N8O16. The van der Waals surface area contributed by atoms with Crippen molar-refractivity contribution in [1.82, 2.24) is 37.2 Å². The van der Waals surface area contributed by atoms with Gasteiger partial charge in [0, 0.05) is 31.6 Å². The maximum atomic E-state index is 15.7. The summed E-state index contributed by atoms with van der Waals surface area (Å²) in [4.78, 5) is 113. The second-order valence-corrected chi connectivity index (χ2v) is 29.9. The predicted molar refractivity (Wildman–Crippen MR) is 400 cm³/mol. The number of likely N-dealkylation sites (N-methyl/N-ethyl adjacent to an activating group) is 1. The maximum absolute atomic E-state index is 15.7. The Morgan fingerprint density at radius 1 is 0.548 bits per heavy atom. The van der Waals surface area contributed by atoms with Crippen molar-refractivity contribution >= 4 is 47.5 Å². The van der Waals surface area contributed by atoms with Crippen LogP contribution in [0.4, 0.5) is 4.79 Å². The number of alkyl carbamates (subject to hydrolysis) is 1. The van der Waals surface area contributed by atoms with Crippen LogP contribution in [0.2, 0.25) is 0 Å². The highest BCUT2D eigenvalue weighted by Crippen LogP contribution is 2.35. The van der Waals surface area contributed by atoms with E-state index in [2.05, 4.69) is 55.4 Å². The zero-order valence-corrected chi connectivity index (χ0v) is 64.5. The van der Waals surface area contributed by atoms with Crippen LogP contribution in [0.3, 0.4) is 0 Å². The van der Waals surface area contributed by atoms with Crippen LogP contribution in [0, 0.1) is 13.8 Å². The first-order valence-electron chi connectivity index (χ1n) is 35.6. The van der Waals surface area contributed by atoms with Gasteiger partial charge in [-0.2, -0.15) is 0 Å². The van der Waals surface area contributed by atoms with Crippen molar-refractivity contribution in [2.24, 2.45) is 5.73 Å². The van der Waals surface area contributed by atoms with E-state index in [1.807, 2.05) is 105 Å². The maximum Gasteiger partial charge on any atom is 0.407 e. The summed E-state index contributed by atoms with van der Waals surface area (Å²) < 4.78 is 46.4. The molecule has 7 atom stereocenters. The Labute approximate surface area is 614 Å². The highest BCUT2D eigenvalue weighted by atomic mass is 16.6. The Kier molecular flexibility index (Phi) is 32.5. The number of unbranched alkanes of at least 4 members (excludes halogenated alkanes) is 1. The molecule has 0 aliphatic rings. The van der Waals surface area contributed by atoms with E-state index in [1.165, 1.54) is 21.3 Å². The normalized spacial score (nSPS) is 13.8. The van der Waals surface area contributed by atoms with Gasteiger partial charge in [0.1, 0.15) is 64.4 Å². The summed E-state index contributed by atoms with van der Waals surface area (Å²) in [5.41, 5.74) is 10.9. The zero-order valence-electron chi connectivity index (χ0n) is 64.5.